The van der Waals surface area contributed by atoms with Crippen molar-refractivity contribution in [3.8, 4) is 11.3 Å². The van der Waals surface area contributed by atoms with Crippen LogP contribution in [0.4, 0.5) is 0 Å². The largest absolute Gasteiger partial charge is 0.462 e. The molecule has 1 heterocycles. The van der Waals surface area contributed by atoms with Gasteiger partial charge in [0, 0.05) is 17.1 Å². The second kappa shape index (κ2) is 8.04. The lowest BCUT2D eigenvalue weighted by molar-refractivity contribution is 0.0529. The van der Waals surface area contributed by atoms with Crippen LogP contribution in [0.2, 0.25) is 0 Å². The summed E-state index contributed by atoms with van der Waals surface area (Å²) in [6, 6.07) is 20.5. The molecule has 0 saturated carbocycles. The Hall–Kier alpha value is -3.20. The van der Waals surface area contributed by atoms with Crippen LogP contribution in [0.15, 0.2) is 66.9 Å². The van der Waals surface area contributed by atoms with Gasteiger partial charge in [-0.05, 0) is 47.1 Å². The maximum atomic E-state index is 12.9. The number of hydrogen-bond acceptors (Lipinski definition) is 3. The Labute approximate surface area is 171 Å². The molecule has 3 aromatic carbocycles. The van der Waals surface area contributed by atoms with Gasteiger partial charge in [0.1, 0.15) is 0 Å². The minimum absolute atomic E-state index is 0.311. The van der Waals surface area contributed by atoms with E-state index in [1.54, 1.807) is 0 Å². The van der Waals surface area contributed by atoms with Gasteiger partial charge in [0.15, 0.2) is 0 Å². The van der Waals surface area contributed by atoms with Gasteiger partial charge in [0.05, 0.1) is 17.9 Å². The van der Waals surface area contributed by atoms with Crippen LogP contribution in [-0.4, -0.2) is 17.6 Å². The lowest BCUT2D eigenvalue weighted by atomic mass is 9.93. The van der Waals surface area contributed by atoms with Crippen molar-refractivity contribution in [3.05, 3.63) is 78.0 Å². The van der Waals surface area contributed by atoms with Gasteiger partial charge in [-0.2, -0.15) is 0 Å². The molecule has 0 aliphatic heterocycles. The molecule has 3 heteroatoms. The van der Waals surface area contributed by atoms with Crippen LogP contribution in [-0.2, 0) is 11.2 Å². The third-order valence-corrected chi connectivity index (χ3v) is 5.14. The van der Waals surface area contributed by atoms with Crippen LogP contribution in [0.3, 0.4) is 0 Å². The third-order valence-electron chi connectivity index (χ3n) is 5.14. The Morgan fingerprint density at radius 3 is 2.59 bits per heavy atom. The molecule has 1 aromatic heterocycles. The normalized spacial score (nSPS) is 11.3. The van der Waals surface area contributed by atoms with E-state index in [-0.39, 0.29) is 5.97 Å². The summed E-state index contributed by atoms with van der Waals surface area (Å²) in [4.78, 5) is 17.6. The SMILES string of the molecule is CCOC(=O)c1c(-c2nccc3cc(CC(C)C)ccc23)ccc2ccccc12. The van der Waals surface area contributed by atoms with Crippen LogP contribution in [0.5, 0.6) is 0 Å². The average molecular weight is 383 g/mol. The summed E-state index contributed by atoms with van der Waals surface area (Å²) in [6.45, 7) is 6.61. The number of aromatic nitrogens is 1. The second-order valence-electron chi connectivity index (χ2n) is 7.74. The molecule has 0 unspecified atom stereocenters. The summed E-state index contributed by atoms with van der Waals surface area (Å²) < 4.78 is 5.41. The number of carbonyl (C=O) groups is 1. The van der Waals surface area contributed by atoms with Crippen molar-refractivity contribution in [1.29, 1.82) is 0 Å². The topological polar surface area (TPSA) is 39.2 Å². The van der Waals surface area contributed by atoms with Gasteiger partial charge in [-0.25, -0.2) is 4.79 Å². The Kier molecular flexibility index (Phi) is 5.30. The smallest absolute Gasteiger partial charge is 0.339 e. The molecule has 0 radical (unpaired) electrons. The van der Waals surface area contributed by atoms with Gasteiger partial charge in [-0.1, -0.05) is 68.4 Å². The number of fused-ring (bicyclic) bond motifs is 2. The van der Waals surface area contributed by atoms with E-state index in [1.807, 2.05) is 55.6 Å². The van der Waals surface area contributed by atoms with Crippen molar-refractivity contribution >= 4 is 27.5 Å². The van der Waals surface area contributed by atoms with Gasteiger partial charge in [-0.15, -0.1) is 0 Å². The quantitative estimate of drug-likeness (QED) is 0.373. The van der Waals surface area contributed by atoms with Crippen molar-refractivity contribution in [1.82, 2.24) is 4.98 Å². The number of ether oxygens (including phenoxy) is 1. The van der Waals surface area contributed by atoms with E-state index >= 15 is 0 Å². The molecule has 0 spiro atoms. The van der Waals surface area contributed by atoms with Crippen molar-refractivity contribution in [2.75, 3.05) is 6.61 Å². The summed E-state index contributed by atoms with van der Waals surface area (Å²) in [5.41, 5.74) is 3.52. The maximum absolute atomic E-state index is 12.9. The lowest BCUT2D eigenvalue weighted by Gasteiger charge is -2.14. The molecule has 3 nitrogen and oxygen atoms in total. The summed E-state index contributed by atoms with van der Waals surface area (Å²) in [6.07, 6.45) is 2.86. The molecule has 29 heavy (non-hydrogen) atoms. The maximum Gasteiger partial charge on any atom is 0.339 e. The number of pyridine rings is 1. The van der Waals surface area contributed by atoms with Gasteiger partial charge in [-0.3, -0.25) is 4.98 Å². The first-order valence-electron chi connectivity index (χ1n) is 10.2. The highest BCUT2D eigenvalue weighted by Crippen LogP contribution is 2.34. The Balaban J connectivity index is 1.95. The Morgan fingerprint density at radius 1 is 0.966 bits per heavy atom. The first-order valence-corrected chi connectivity index (χ1v) is 10.2. The van der Waals surface area contributed by atoms with Gasteiger partial charge < -0.3 is 4.74 Å². The molecule has 0 saturated heterocycles. The first-order chi connectivity index (χ1) is 14.1. The molecule has 0 atom stereocenters. The molecule has 4 rings (SSSR count). The number of esters is 1. The molecule has 0 aliphatic rings. The molecule has 146 valence electrons. The molecule has 4 aromatic rings. The molecular formula is C26H25NO2. The van der Waals surface area contributed by atoms with E-state index in [1.165, 1.54) is 5.56 Å². The fraction of sp³-hybridized carbons (Fsp3) is 0.231. The average Bonchev–Trinajstić information content (AvgIpc) is 2.72. The second-order valence-corrected chi connectivity index (χ2v) is 7.74. The minimum atomic E-state index is -0.311. The van der Waals surface area contributed by atoms with E-state index in [2.05, 4.69) is 37.0 Å². The van der Waals surface area contributed by atoms with Crippen LogP contribution in [0.25, 0.3) is 32.8 Å². The van der Waals surface area contributed by atoms with E-state index < -0.39 is 0 Å². The Bertz CT molecular complexity index is 1190. The fourth-order valence-electron chi connectivity index (χ4n) is 3.93. The third kappa shape index (κ3) is 3.73. The summed E-state index contributed by atoms with van der Waals surface area (Å²) in [5, 5.41) is 4.08. The van der Waals surface area contributed by atoms with E-state index in [0.29, 0.717) is 18.1 Å². The molecular weight excluding hydrogens is 358 g/mol. The van der Waals surface area contributed by atoms with Crippen LogP contribution >= 0.6 is 0 Å². The van der Waals surface area contributed by atoms with E-state index in [4.69, 9.17) is 4.74 Å². The van der Waals surface area contributed by atoms with Crippen LogP contribution in [0.1, 0.15) is 36.7 Å². The highest BCUT2D eigenvalue weighted by Gasteiger charge is 2.20. The predicted octanol–water partition coefficient (Wildman–Crippen LogP) is 6.43. The highest BCUT2D eigenvalue weighted by atomic mass is 16.5. The molecule has 0 fully saturated rings. The molecule has 0 aliphatic carbocycles. The monoisotopic (exact) mass is 383 g/mol. The molecule has 0 N–H and O–H groups in total. The van der Waals surface area contributed by atoms with Gasteiger partial charge >= 0.3 is 5.97 Å². The van der Waals surface area contributed by atoms with Gasteiger partial charge in [0.2, 0.25) is 0 Å². The zero-order valence-corrected chi connectivity index (χ0v) is 17.1. The van der Waals surface area contributed by atoms with Crippen LogP contribution < -0.4 is 0 Å². The van der Waals surface area contributed by atoms with Crippen molar-refractivity contribution in [2.24, 2.45) is 5.92 Å². The van der Waals surface area contributed by atoms with E-state index in [9.17, 15) is 4.79 Å². The zero-order chi connectivity index (χ0) is 20.4. The zero-order valence-electron chi connectivity index (χ0n) is 17.1. The number of nitrogens with zero attached hydrogens (tertiary/aromatic N) is 1. The van der Waals surface area contributed by atoms with Crippen molar-refractivity contribution < 1.29 is 9.53 Å². The predicted molar refractivity (Wildman–Crippen MR) is 119 cm³/mol. The van der Waals surface area contributed by atoms with Crippen molar-refractivity contribution in [3.63, 3.8) is 0 Å². The lowest BCUT2D eigenvalue weighted by Crippen LogP contribution is -2.08. The van der Waals surface area contributed by atoms with Crippen LogP contribution in [0, 0.1) is 5.92 Å². The number of benzene rings is 3. The Morgan fingerprint density at radius 2 is 1.79 bits per heavy atom. The fourth-order valence-corrected chi connectivity index (χ4v) is 3.93. The number of hydrogen-bond donors (Lipinski definition) is 0. The molecule has 0 amide bonds. The number of carbonyl (C=O) groups excluding carboxylic acids is 1. The summed E-state index contributed by atoms with van der Waals surface area (Å²) in [7, 11) is 0. The summed E-state index contributed by atoms with van der Waals surface area (Å²) >= 11 is 0. The highest BCUT2D eigenvalue weighted by molar-refractivity contribution is 6.12. The van der Waals surface area contributed by atoms with Gasteiger partial charge in [0.25, 0.3) is 0 Å². The van der Waals surface area contributed by atoms with Crippen molar-refractivity contribution in [2.45, 2.75) is 27.2 Å². The van der Waals surface area contributed by atoms with E-state index in [0.717, 1.165) is 39.2 Å². The summed E-state index contributed by atoms with van der Waals surface area (Å²) in [5.74, 6) is 0.291. The first kappa shape index (κ1) is 19.1. The number of rotatable bonds is 5. The standard InChI is InChI=1S/C26H25NO2/c1-4-29-26(28)24-21-8-6-5-7-19(21)10-12-23(24)25-22-11-9-18(15-17(2)3)16-20(22)13-14-27-25/h5-14,16-17H,4,15H2,1-3H3. The minimum Gasteiger partial charge on any atom is -0.462 e. The molecule has 0 bridgehead atoms.